The van der Waals surface area contributed by atoms with Crippen LogP contribution in [0.15, 0.2) is 0 Å². The Hall–Kier alpha value is -0.320. The van der Waals surface area contributed by atoms with Gasteiger partial charge in [-0.15, -0.1) is 0 Å². The van der Waals surface area contributed by atoms with E-state index in [4.69, 9.17) is 37.9 Å². The number of ether oxygens (including phenoxy) is 8. The first-order valence-corrected chi connectivity index (χ1v) is 9.09. The molecule has 0 aromatic carbocycles. The van der Waals surface area contributed by atoms with E-state index in [0.717, 1.165) is 26.4 Å². The molecule has 4 fully saturated rings. The molecule has 4 aliphatic heterocycles. The van der Waals surface area contributed by atoms with Crippen LogP contribution in [0.3, 0.4) is 0 Å². The maximum Gasteiger partial charge on any atom is 0.104 e. The molecule has 0 spiro atoms. The summed E-state index contributed by atoms with van der Waals surface area (Å²) in [5, 5.41) is 0. The maximum atomic E-state index is 5.88. The molecule has 4 aliphatic rings. The Kier molecular flexibility index (Phi) is 6.20. The highest BCUT2D eigenvalue weighted by atomic mass is 16.6. The molecule has 8 nitrogen and oxygen atoms in total. The number of epoxide rings is 4. The Morgan fingerprint density at radius 1 is 0.520 bits per heavy atom. The third-order valence-corrected chi connectivity index (χ3v) is 4.46. The van der Waals surface area contributed by atoms with Crippen molar-refractivity contribution in [3.05, 3.63) is 0 Å². The van der Waals surface area contributed by atoms with Gasteiger partial charge in [0.1, 0.15) is 24.4 Å². The third kappa shape index (κ3) is 7.07. The van der Waals surface area contributed by atoms with E-state index in [1.807, 2.05) is 0 Å². The van der Waals surface area contributed by atoms with Crippen LogP contribution in [0, 0.1) is 5.41 Å². The van der Waals surface area contributed by atoms with Crippen molar-refractivity contribution in [1.29, 1.82) is 0 Å². The Morgan fingerprint density at radius 3 is 0.960 bits per heavy atom. The van der Waals surface area contributed by atoms with Gasteiger partial charge in [-0.25, -0.2) is 0 Å². The molecule has 0 bridgehead atoms. The highest BCUT2D eigenvalue weighted by Crippen LogP contribution is 2.24. The third-order valence-electron chi connectivity index (χ3n) is 4.46. The Morgan fingerprint density at radius 2 is 0.760 bits per heavy atom. The molecule has 144 valence electrons. The van der Waals surface area contributed by atoms with E-state index in [9.17, 15) is 0 Å². The molecule has 4 atom stereocenters. The molecule has 0 aromatic heterocycles. The summed E-state index contributed by atoms with van der Waals surface area (Å²) < 4.78 is 44.4. The summed E-state index contributed by atoms with van der Waals surface area (Å²) in [5.41, 5.74) is -0.354. The lowest BCUT2D eigenvalue weighted by molar-refractivity contribution is -0.111. The predicted molar refractivity (Wildman–Crippen MR) is 84.7 cm³/mol. The fourth-order valence-electron chi connectivity index (χ4n) is 2.53. The highest BCUT2D eigenvalue weighted by Gasteiger charge is 2.36. The average molecular weight is 360 g/mol. The molecule has 4 heterocycles. The van der Waals surface area contributed by atoms with Gasteiger partial charge in [0, 0.05) is 0 Å². The van der Waals surface area contributed by atoms with Gasteiger partial charge < -0.3 is 37.9 Å². The van der Waals surface area contributed by atoms with Crippen LogP contribution < -0.4 is 0 Å². The van der Waals surface area contributed by atoms with Crippen molar-refractivity contribution >= 4 is 0 Å². The molecule has 25 heavy (non-hydrogen) atoms. The van der Waals surface area contributed by atoms with E-state index in [1.165, 1.54) is 0 Å². The van der Waals surface area contributed by atoms with Crippen LogP contribution in [0.5, 0.6) is 0 Å². The van der Waals surface area contributed by atoms with Crippen LogP contribution in [0.4, 0.5) is 0 Å². The van der Waals surface area contributed by atoms with E-state index in [1.54, 1.807) is 0 Å². The van der Waals surface area contributed by atoms with Gasteiger partial charge in [-0.2, -0.15) is 0 Å². The van der Waals surface area contributed by atoms with Crippen molar-refractivity contribution in [2.45, 2.75) is 24.4 Å². The molecule has 0 N–H and O–H groups in total. The van der Waals surface area contributed by atoms with Crippen LogP contribution in [0.25, 0.3) is 0 Å². The van der Waals surface area contributed by atoms with Gasteiger partial charge >= 0.3 is 0 Å². The summed E-state index contributed by atoms with van der Waals surface area (Å²) >= 11 is 0. The van der Waals surface area contributed by atoms with Crippen molar-refractivity contribution in [3.63, 3.8) is 0 Å². The monoisotopic (exact) mass is 360 g/mol. The van der Waals surface area contributed by atoms with Crippen molar-refractivity contribution in [1.82, 2.24) is 0 Å². The van der Waals surface area contributed by atoms with E-state index in [2.05, 4.69) is 0 Å². The van der Waals surface area contributed by atoms with Crippen LogP contribution in [0.1, 0.15) is 0 Å². The zero-order valence-corrected chi connectivity index (χ0v) is 14.6. The Bertz CT molecular complexity index is 326. The van der Waals surface area contributed by atoms with Gasteiger partial charge in [0.15, 0.2) is 0 Å². The lowest BCUT2D eigenvalue weighted by Gasteiger charge is -2.32. The maximum absolute atomic E-state index is 5.88. The topological polar surface area (TPSA) is 87.0 Å². The zero-order valence-electron chi connectivity index (χ0n) is 14.6. The van der Waals surface area contributed by atoms with Crippen LogP contribution >= 0.6 is 0 Å². The van der Waals surface area contributed by atoms with E-state index < -0.39 is 0 Å². The predicted octanol–water partition coefficient (Wildman–Crippen LogP) is -0.366. The van der Waals surface area contributed by atoms with Crippen LogP contribution in [-0.4, -0.2) is 104 Å². The first-order valence-electron chi connectivity index (χ1n) is 9.09. The molecule has 0 aromatic rings. The fourth-order valence-corrected chi connectivity index (χ4v) is 2.53. The minimum atomic E-state index is -0.354. The van der Waals surface area contributed by atoms with E-state index in [0.29, 0.717) is 52.9 Å². The molecule has 4 saturated heterocycles. The van der Waals surface area contributed by atoms with Crippen LogP contribution in [0.2, 0.25) is 0 Å². The molecule has 8 heteroatoms. The molecule has 0 aliphatic carbocycles. The molecule has 0 amide bonds. The summed E-state index contributed by atoms with van der Waals surface area (Å²) in [6.45, 7) is 7.59. The summed E-state index contributed by atoms with van der Waals surface area (Å²) in [4.78, 5) is 0. The van der Waals surface area contributed by atoms with Gasteiger partial charge in [-0.1, -0.05) is 0 Å². The summed E-state index contributed by atoms with van der Waals surface area (Å²) in [7, 11) is 0. The largest absolute Gasteiger partial charge is 0.378 e. The molecule has 0 unspecified atom stereocenters. The standard InChI is InChI=1S/C17H28O8/c1(13-5-22-13)18-9-17(10-19-2-14-6-23-14,11-20-3-15-7-24-15)12-21-4-16-8-25-16/h13-16H,1-12H2/t13-,14-,15-,16+/m1/s1. The van der Waals surface area contributed by atoms with Crippen LogP contribution in [-0.2, 0) is 37.9 Å². The second-order valence-electron chi connectivity index (χ2n) is 7.38. The van der Waals surface area contributed by atoms with Gasteiger partial charge in [0.2, 0.25) is 0 Å². The van der Waals surface area contributed by atoms with Crippen molar-refractivity contribution in [2.75, 3.05) is 79.3 Å². The summed E-state index contributed by atoms with van der Waals surface area (Å²) in [6.07, 6.45) is 0.945. The first-order chi connectivity index (χ1) is 12.3. The minimum absolute atomic E-state index is 0.236. The minimum Gasteiger partial charge on any atom is -0.378 e. The van der Waals surface area contributed by atoms with Gasteiger partial charge in [-0.3, -0.25) is 0 Å². The number of hydrogen-bond acceptors (Lipinski definition) is 8. The van der Waals surface area contributed by atoms with Gasteiger partial charge in [-0.05, 0) is 0 Å². The van der Waals surface area contributed by atoms with Crippen molar-refractivity contribution in [2.24, 2.45) is 5.41 Å². The fraction of sp³-hybridized carbons (Fsp3) is 1.00. The lowest BCUT2D eigenvalue weighted by atomic mass is 9.92. The van der Waals surface area contributed by atoms with E-state index >= 15 is 0 Å². The average Bonchev–Trinajstić information content (AvgIpc) is 3.44. The number of hydrogen-bond donors (Lipinski definition) is 0. The molecule has 0 saturated carbocycles. The molecular weight excluding hydrogens is 332 g/mol. The molecule has 4 rings (SSSR count). The van der Waals surface area contributed by atoms with Gasteiger partial charge in [0.05, 0.1) is 84.7 Å². The second-order valence-corrected chi connectivity index (χ2v) is 7.38. The summed E-state index contributed by atoms with van der Waals surface area (Å²) in [5.74, 6) is 0. The van der Waals surface area contributed by atoms with Crippen molar-refractivity contribution < 1.29 is 37.9 Å². The summed E-state index contributed by atoms with van der Waals surface area (Å²) in [6, 6.07) is 0. The van der Waals surface area contributed by atoms with Crippen molar-refractivity contribution in [3.8, 4) is 0 Å². The first kappa shape index (κ1) is 18.1. The lowest BCUT2D eigenvalue weighted by Crippen LogP contribution is -2.43. The Balaban J connectivity index is 1.27. The quantitative estimate of drug-likeness (QED) is 0.345. The highest BCUT2D eigenvalue weighted by molar-refractivity contribution is 4.82. The van der Waals surface area contributed by atoms with E-state index in [-0.39, 0.29) is 29.8 Å². The smallest absolute Gasteiger partial charge is 0.104 e. The number of rotatable bonds is 16. The second kappa shape index (κ2) is 8.58. The normalized spacial score (nSPS) is 32.6. The van der Waals surface area contributed by atoms with Gasteiger partial charge in [0.25, 0.3) is 0 Å². The SMILES string of the molecule is C(OCC(COC[C@@H]1CO1)(COC[C@@H]1CO1)COC[C@H]1CO1)[C@@H]1CO1. The Labute approximate surface area is 147 Å². The zero-order chi connectivity index (χ0) is 17.0. The molecular formula is C17H28O8. The molecule has 0 radical (unpaired) electrons.